The minimum atomic E-state index is 0.777. The van der Waals surface area contributed by atoms with Crippen LogP contribution in [-0.2, 0) is 11.2 Å². The Kier molecular flexibility index (Phi) is 7.42. The highest BCUT2D eigenvalue weighted by atomic mass is 32.1. The molecule has 0 aliphatic rings. The van der Waals surface area contributed by atoms with Crippen LogP contribution in [0.1, 0.15) is 11.3 Å². The molecule has 1 aromatic heterocycles. The Balaban J connectivity index is 2.10. The molecule has 0 fully saturated rings. The fourth-order valence-corrected chi connectivity index (χ4v) is 2.11. The van der Waals surface area contributed by atoms with Gasteiger partial charge in [0.05, 0.1) is 0 Å². The van der Waals surface area contributed by atoms with E-state index in [4.69, 9.17) is 4.74 Å². The van der Waals surface area contributed by atoms with E-state index in [1.807, 2.05) is 0 Å². The third-order valence-electron chi connectivity index (χ3n) is 2.29. The number of methoxy groups -OCH3 is 1. The summed E-state index contributed by atoms with van der Waals surface area (Å²) < 4.78 is 4.99. The summed E-state index contributed by atoms with van der Waals surface area (Å²) in [6.45, 7) is 2.57. The lowest BCUT2D eigenvalue weighted by molar-refractivity contribution is 0.195. The van der Waals surface area contributed by atoms with Gasteiger partial charge in [-0.2, -0.15) is 0 Å². The molecule has 0 saturated carbocycles. The van der Waals surface area contributed by atoms with Gasteiger partial charge in [-0.05, 0) is 24.3 Å². The molecule has 0 atom stereocenters. The van der Waals surface area contributed by atoms with E-state index in [9.17, 15) is 0 Å². The van der Waals surface area contributed by atoms with Gasteiger partial charge in [-0.25, -0.2) is 0 Å². The van der Waals surface area contributed by atoms with Crippen molar-refractivity contribution in [2.45, 2.75) is 12.8 Å². The van der Waals surface area contributed by atoms with E-state index in [1.165, 1.54) is 4.88 Å². The fourth-order valence-electron chi connectivity index (χ4n) is 1.40. The van der Waals surface area contributed by atoms with Gasteiger partial charge in [0.15, 0.2) is 5.96 Å². The fraction of sp³-hybridized carbons (Fsp3) is 0.583. The van der Waals surface area contributed by atoms with Crippen molar-refractivity contribution in [1.29, 1.82) is 0 Å². The van der Waals surface area contributed by atoms with Gasteiger partial charge in [0.1, 0.15) is 0 Å². The second kappa shape index (κ2) is 9.01. The molecule has 0 aliphatic heterocycles. The second-order valence-corrected chi connectivity index (χ2v) is 4.63. The SMILES string of the molecule is CN=C(NCCCOC)NCCc1cccs1. The van der Waals surface area contributed by atoms with Crippen LogP contribution in [0.25, 0.3) is 0 Å². The van der Waals surface area contributed by atoms with Crippen molar-refractivity contribution < 1.29 is 4.74 Å². The summed E-state index contributed by atoms with van der Waals surface area (Å²) in [5.74, 6) is 0.859. The first-order valence-corrected chi connectivity index (χ1v) is 6.70. The third kappa shape index (κ3) is 6.28. The molecule has 2 N–H and O–H groups in total. The monoisotopic (exact) mass is 255 g/mol. The normalized spacial score (nSPS) is 11.5. The van der Waals surface area contributed by atoms with Gasteiger partial charge in [0.2, 0.25) is 0 Å². The van der Waals surface area contributed by atoms with Crippen molar-refractivity contribution in [1.82, 2.24) is 10.6 Å². The summed E-state index contributed by atoms with van der Waals surface area (Å²) in [5, 5.41) is 8.64. The number of nitrogens with zero attached hydrogens (tertiary/aromatic N) is 1. The average molecular weight is 255 g/mol. The van der Waals surface area contributed by atoms with Gasteiger partial charge in [0, 0.05) is 38.7 Å². The Morgan fingerprint density at radius 1 is 1.41 bits per heavy atom. The van der Waals surface area contributed by atoms with E-state index in [2.05, 4.69) is 33.1 Å². The summed E-state index contributed by atoms with van der Waals surface area (Å²) in [7, 11) is 3.50. The quantitative estimate of drug-likeness (QED) is 0.441. The summed E-state index contributed by atoms with van der Waals surface area (Å²) >= 11 is 1.79. The van der Waals surface area contributed by atoms with E-state index in [0.717, 1.165) is 38.5 Å². The van der Waals surface area contributed by atoms with E-state index >= 15 is 0 Å². The third-order valence-corrected chi connectivity index (χ3v) is 3.22. The Morgan fingerprint density at radius 2 is 2.24 bits per heavy atom. The van der Waals surface area contributed by atoms with Crippen molar-refractivity contribution in [2.75, 3.05) is 33.9 Å². The maximum absolute atomic E-state index is 4.99. The van der Waals surface area contributed by atoms with Crippen LogP contribution in [0.2, 0.25) is 0 Å². The molecule has 0 amide bonds. The van der Waals surface area contributed by atoms with Crippen LogP contribution in [-0.4, -0.2) is 39.8 Å². The molecule has 1 aromatic rings. The van der Waals surface area contributed by atoms with Crippen LogP contribution < -0.4 is 10.6 Å². The summed E-state index contributed by atoms with van der Waals surface area (Å²) in [6.07, 6.45) is 2.03. The lowest BCUT2D eigenvalue weighted by atomic mass is 10.3. The molecule has 0 aliphatic carbocycles. The first-order valence-electron chi connectivity index (χ1n) is 5.82. The van der Waals surface area contributed by atoms with Crippen molar-refractivity contribution in [3.8, 4) is 0 Å². The van der Waals surface area contributed by atoms with Gasteiger partial charge in [-0.1, -0.05) is 6.07 Å². The Bertz CT molecular complexity index is 312. The molecule has 96 valence electrons. The zero-order valence-electron chi connectivity index (χ0n) is 10.5. The number of hydrogen-bond donors (Lipinski definition) is 2. The largest absolute Gasteiger partial charge is 0.385 e. The van der Waals surface area contributed by atoms with Crippen molar-refractivity contribution in [2.24, 2.45) is 4.99 Å². The molecule has 0 saturated heterocycles. The second-order valence-electron chi connectivity index (χ2n) is 3.60. The number of rotatable bonds is 7. The molecule has 17 heavy (non-hydrogen) atoms. The highest BCUT2D eigenvalue weighted by molar-refractivity contribution is 7.09. The maximum atomic E-state index is 4.99. The predicted octanol–water partition coefficient (Wildman–Crippen LogP) is 1.49. The predicted molar refractivity (Wildman–Crippen MR) is 73.9 cm³/mol. The zero-order valence-corrected chi connectivity index (χ0v) is 11.3. The van der Waals surface area contributed by atoms with E-state index < -0.39 is 0 Å². The van der Waals surface area contributed by atoms with Crippen LogP contribution in [0.3, 0.4) is 0 Å². The molecular weight excluding hydrogens is 234 g/mol. The van der Waals surface area contributed by atoms with Gasteiger partial charge < -0.3 is 15.4 Å². The maximum Gasteiger partial charge on any atom is 0.190 e. The smallest absolute Gasteiger partial charge is 0.190 e. The molecule has 4 nitrogen and oxygen atoms in total. The molecule has 0 radical (unpaired) electrons. The first kappa shape index (κ1) is 14.0. The summed E-state index contributed by atoms with van der Waals surface area (Å²) in [5.41, 5.74) is 0. The summed E-state index contributed by atoms with van der Waals surface area (Å²) in [4.78, 5) is 5.56. The lowest BCUT2D eigenvalue weighted by Crippen LogP contribution is -2.38. The lowest BCUT2D eigenvalue weighted by Gasteiger charge is -2.11. The number of hydrogen-bond acceptors (Lipinski definition) is 3. The highest BCUT2D eigenvalue weighted by Crippen LogP contribution is 2.07. The van der Waals surface area contributed by atoms with E-state index in [0.29, 0.717) is 0 Å². The highest BCUT2D eigenvalue weighted by Gasteiger charge is 1.97. The molecule has 1 rings (SSSR count). The Labute approximate surface area is 107 Å². The molecule has 1 heterocycles. The van der Waals surface area contributed by atoms with Crippen molar-refractivity contribution >= 4 is 17.3 Å². The van der Waals surface area contributed by atoms with Gasteiger partial charge in [-0.3, -0.25) is 4.99 Å². The number of aliphatic imine (C=N–C) groups is 1. The van der Waals surface area contributed by atoms with E-state index in [1.54, 1.807) is 25.5 Å². The molecule has 0 unspecified atom stereocenters. The number of nitrogens with one attached hydrogen (secondary N) is 2. The molecular formula is C12H21N3OS. The topological polar surface area (TPSA) is 45.7 Å². The van der Waals surface area contributed by atoms with Gasteiger partial charge in [-0.15, -0.1) is 11.3 Å². The van der Waals surface area contributed by atoms with Crippen LogP contribution in [0.4, 0.5) is 0 Å². The molecule has 0 aromatic carbocycles. The summed E-state index contributed by atoms with van der Waals surface area (Å²) in [6, 6.07) is 4.24. The number of thiophene rings is 1. The molecule has 0 spiro atoms. The van der Waals surface area contributed by atoms with E-state index in [-0.39, 0.29) is 0 Å². The van der Waals surface area contributed by atoms with Gasteiger partial charge >= 0.3 is 0 Å². The molecule has 5 heteroatoms. The van der Waals surface area contributed by atoms with Crippen LogP contribution >= 0.6 is 11.3 Å². The minimum Gasteiger partial charge on any atom is -0.385 e. The molecule has 0 bridgehead atoms. The van der Waals surface area contributed by atoms with Crippen LogP contribution in [0, 0.1) is 0 Å². The Hall–Kier alpha value is -1.07. The minimum absolute atomic E-state index is 0.777. The first-order chi connectivity index (χ1) is 8.36. The average Bonchev–Trinajstić information content (AvgIpc) is 2.85. The Morgan fingerprint density at radius 3 is 2.88 bits per heavy atom. The van der Waals surface area contributed by atoms with Crippen molar-refractivity contribution in [3.05, 3.63) is 22.4 Å². The number of guanidine groups is 1. The zero-order chi connectivity index (χ0) is 12.3. The standard InChI is InChI=1S/C12H21N3OS/c1-13-12(14-7-4-9-16-2)15-8-6-11-5-3-10-17-11/h3,5,10H,4,6-9H2,1-2H3,(H2,13,14,15). The van der Waals surface area contributed by atoms with Crippen molar-refractivity contribution in [3.63, 3.8) is 0 Å². The number of ether oxygens (including phenoxy) is 1. The van der Waals surface area contributed by atoms with Crippen LogP contribution in [0.5, 0.6) is 0 Å². The van der Waals surface area contributed by atoms with Crippen LogP contribution in [0.15, 0.2) is 22.5 Å². The van der Waals surface area contributed by atoms with Gasteiger partial charge in [0.25, 0.3) is 0 Å².